The van der Waals surface area contributed by atoms with Gasteiger partial charge in [-0.3, -0.25) is 24.5 Å². The van der Waals surface area contributed by atoms with E-state index in [4.69, 9.17) is 11.5 Å². The van der Waals surface area contributed by atoms with E-state index in [2.05, 4.69) is 5.32 Å². The van der Waals surface area contributed by atoms with E-state index in [0.29, 0.717) is 0 Å². The van der Waals surface area contributed by atoms with E-state index < -0.39 is 41.8 Å². The number of amides is 3. The zero-order valence-electron chi connectivity index (χ0n) is 17.5. The van der Waals surface area contributed by atoms with Crippen LogP contribution in [0.4, 0.5) is 5.69 Å². The molecule has 1 atom stereocenters. The van der Waals surface area contributed by atoms with Crippen LogP contribution in [0.5, 0.6) is 5.75 Å². The number of hydrogen-bond acceptors (Lipinski definition) is 9. The lowest BCUT2D eigenvalue weighted by Gasteiger charge is -2.31. The maximum absolute atomic E-state index is 12.8. The highest BCUT2D eigenvalue weighted by atomic mass is 33.1. The molecule has 0 aliphatic heterocycles. The number of benzene rings is 1. The molecule has 0 unspecified atom stereocenters. The Kier molecular flexibility index (Phi) is 10.1. The first kappa shape index (κ1) is 26.5. The first-order valence-corrected chi connectivity index (χ1v) is 11.5. The van der Waals surface area contributed by atoms with Gasteiger partial charge in [0.25, 0.3) is 5.69 Å². The third-order valence-electron chi connectivity index (χ3n) is 3.76. The predicted molar refractivity (Wildman–Crippen MR) is 120 cm³/mol. The minimum Gasteiger partial charge on any atom is -0.508 e. The van der Waals surface area contributed by atoms with E-state index in [-0.39, 0.29) is 34.0 Å². The van der Waals surface area contributed by atoms with Gasteiger partial charge >= 0.3 is 0 Å². The van der Waals surface area contributed by atoms with Crippen molar-refractivity contribution in [3.8, 4) is 5.75 Å². The molecule has 1 rings (SSSR count). The van der Waals surface area contributed by atoms with Gasteiger partial charge in [-0.2, -0.15) is 0 Å². The number of nitro groups is 1. The molecule has 0 saturated carbocycles. The normalized spacial score (nSPS) is 12.1. The largest absolute Gasteiger partial charge is 0.508 e. The van der Waals surface area contributed by atoms with E-state index >= 15 is 0 Å². The Morgan fingerprint density at radius 2 is 1.97 bits per heavy atom. The van der Waals surface area contributed by atoms with E-state index in [1.165, 1.54) is 21.6 Å². The van der Waals surface area contributed by atoms with Crippen molar-refractivity contribution in [2.45, 2.75) is 38.1 Å². The molecule has 0 heterocycles. The van der Waals surface area contributed by atoms with Crippen molar-refractivity contribution < 1.29 is 24.4 Å². The van der Waals surface area contributed by atoms with Crippen molar-refractivity contribution in [1.82, 2.24) is 10.2 Å². The second-order valence-corrected chi connectivity index (χ2v) is 10.6. The number of nitro benzene ring substituents is 1. The van der Waals surface area contributed by atoms with Crippen molar-refractivity contribution in [1.29, 1.82) is 0 Å². The van der Waals surface area contributed by atoms with Crippen LogP contribution in [0.15, 0.2) is 18.2 Å². The number of phenols is 1. The maximum atomic E-state index is 12.8. The molecule has 0 spiro atoms. The molecule has 172 valence electrons. The Morgan fingerprint density at radius 3 is 2.48 bits per heavy atom. The Labute approximate surface area is 187 Å². The van der Waals surface area contributed by atoms with Crippen LogP contribution in [0.2, 0.25) is 0 Å². The van der Waals surface area contributed by atoms with Gasteiger partial charge in [-0.1, -0.05) is 42.4 Å². The standard InChI is InChI=1S/C18H27N5O6S2/c1-18(2,3)31-30-10-13(17(27)21-8-15(20)25)22(16(26)7-19)9-11-6-12(23(28)29)4-5-14(11)24/h4-6,13,24H,7-10,19H2,1-3H3,(H2,20,25)(H,21,27)/t13-/m0/s1. The highest BCUT2D eigenvalue weighted by Gasteiger charge is 2.31. The van der Waals surface area contributed by atoms with Crippen molar-refractivity contribution in [2.24, 2.45) is 11.5 Å². The van der Waals surface area contributed by atoms with Gasteiger partial charge in [-0.25, -0.2) is 0 Å². The van der Waals surface area contributed by atoms with Crippen molar-refractivity contribution >= 4 is 45.0 Å². The number of nitrogens with one attached hydrogen (secondary N) is 1. The van der Waals surface area contributed by atoms with Crippen LogP contribution >= 0.6 is 21.6 Å². The molecule has 0 saturated heterocycles. The summed E-state index contributed by atoms with van der Waals surface area (Å²) < 4.78 is -0.125. The van der Waals surface area contributed by atoms with Gasteiger partial charge in [0, 0.05) is 28.2 Å². The summed E-state index contributed by atoms with van der Waals surface area (Å²) in [6.45, 7) is 4.81. The van der Waals surface area contributed by atoms with Crippen LogP contribution in [0, 0.1) is 10.1 Å². The summed E-state index contributed by atoms with van der Waals surface area (Å²) in [4.78, 5) is 48.0. The maximum Gasteiger partial charge on any atom is 0.270 e. The lowest BCUT2D eigenvalue weighted by Crippen LogP contribution is -2.53. The van der Waals surface area contributed by atoms with Crippen molar-refractivity contribution in [3.05, 3.63) is 33.9 Å². The number of rotatable bonds is 11. The number of nitrogens with zero attached hydrogens (tertiary/aromatic N) is 2. The molecule has 0 bridgehead atoms. The average molecular weight is 474 g/mol. The molecule has 31 heavy (non-hydrogen) atoms. The van der Waals surface area contributed by atoms with Gasteiger partial charge in [-0.15, -0.1) is 0 Å². The number of non-ortho nitro benzene ring substituents is 1. The quantitative estimate of drug-likeness (QED) is 0.204. The second kappa shape index (κ2) is 11.8. The smallest absolute Gasteiger partial charge is 0.270 e. The summed E-state index contributed by atoms with van der Waals surface area (Å²) in [5, 5.41) is 23.6. The molecule has 6 N–H and O–H groups in total. The Hall–Kier alpha value is -2.51. The van der Waals surface area contributed by atoms with Crippen LogP contribution in [0.25, 0.3) is 0 Å². The van der Waals surface area contributed by atoms with Crippen LogP contribution in [0.1, 0.15) is 26.3 Å². The number of hydrogen-bond donors (Lipinski definition) is 4. The number of aromatic hydroxyl groups is 1. The van der Waals surface area contributed by atoms with E-state index in [9.17, 15) is 29.6 Å². The highest BCUT2D eigenvalue weighted by molar-refractivity contribution is 8.77. The summed E-state index contributed by atoms with van der Waals surface area (Å²) >= 11 is 0. The molecule has 0 radical (unpaired) electrons. The second-order valence-electron chi connectivity index (χ2n) is 7.48. The van der Waals surface area contributed by atoms with Gasteiger partial charge in [0.2, 0.25) is 17.7 Å². The lowest BCUT2D eigenvalue weighted by molar-refractivity contribution is -0.385. The summed E-state index contributed by atoms with van der Waals surface area (Å²) in [6.07, 6.45) is 0. The molecule has 1 aromatic carbocycles. The van der Waals surface area contributed by atoms with E-state index in [1.54, 1.807) is 0 Å². The molecule has 0 fully saturated rings. The molecule has 0 aromatic heterocycles. The number of carbonyl (C=O) groups is 3. The SMILES string of the molecule is CC(C)(C)SSC[C@@H](C(=O)NCC(N)=O)N(Cc1cc([N+](=O)[O-])ccc1O)C(=O)CN. The van der Waals surface area contributed by atoms with Gasteiger partial charge in [0.15, 0.2) is 0 Å². The minimum absolute atomic E-state index is 0.0807. The predicted octanol–water partition coefficient (Wildman–Crippen LogP) is 0.738. The molecule has 0 aliphatic carbocycles. The molecule has 11 nitrogen and oxygen atoms in total. The fraction of sp³-hybridized carbons (Fsp3) is 0.500. The number of carbonyl (C=O) groups excluding carboxylic acids is 3. The number of phenolic OH excluding ortho intramolecular Hbond substituents is 1. The summed E-state index contributed by atoms with van der Waals surface area (Å²) in [6, 6.07) is 2.33. The summed E-state index contributed by atoms with van der Waals surface area (Å²) in [5.74, 6) is -2.11. The monoisotopic (exact) mass is 473 g/mol. The van der Waals surface area contributed by atoms with Gasteiger partial charge in [-0.05, 0) is 6.07 Å². The zero-order chi connectivity index (χ0) is 23.8. The van der Waals surface area contributed by atoms with E-state index in [0.717, 1.165) is 23.1 Å². The van der Waals surface area contributed by atoms with Crippen molar-refractivity contribution in [3.63, 3.8) is 0 Å². The number of primary amides is 1. The van der Waals surface area contributed by atoms with Crippen LogP contribution in [-0.4, -0.2) is 62.3 Å². The highest BCUT2D eigenvalue weighted by Crippen LogP contribution is 2.36. The molecule has 13 heteroatoms. The first-order chi connectivity index (χ1) is 14.4. The number of nitrogens with two attached hydrogens (primary N) is 2. The van der Waals surface area contributed by atoms with Crippen LogP contribution < -0.4 is 16.8 Å². The first-order valence-electron chi connectivity index (χ1n) is 9.18. The Bertz CT molecular complexity index is 830. The molecular formula is C18H27N5O6S2. The molecule has 0 aliphatic rings. The average Bonchev–Trinajstić information content (AvgIpc) is 2.67. The van der Waals surface area contributed by atoms with E-state index in [1.807, 2.05) is 20.8 Å². The Morgan fingerprint density at radius 1 is 1.32 bits per heavy atom. The van der Waals surface area contributed by atoms with Gasteiger partial charge in [0.05, 0.1) is 24.6 Å². The zero-order valence-corrected chi connectivity index (χ0v) is 19.1. The lowest BCUT2D eigenvalue weighted by atomic mass is 10.1. The molecule has 3 amide bonds. The van der Waals surface area contributed by atoms with Crippen LogP contribution in [-0.2, 0) is 20.9 Å². The third kappa shape index (κ3) is 9.02. The summed E-state index contributed by atoms with van der Waals surface area (Å²) in [7, 11) is 2.84. The van der Waals surface area contributed by atoms with Crippen LogP contribution in [0.3, 0.4) is 0 Å². The third-order valence-corrected chi connectivity index (χ3v) is 7.09. The fourth-order valence-corrected chi connectivity index (χ4v) is 4.89. The molecule has 1 aromatic rings. The minimum atomic E-state index is -1.06. The Balaban J connectivity index is 3.25. The molecular weight excluding hydrogens is 446 g/mol. The van der Waals surface area contributed by atoms with Gasteiger partial charge < -0.3 is 26.8 Å². The van der Waals surface area contributed by atoms with Crippen molar-refractivity contribution in [2.75, 3.05) is 18.8 Å². The van der Waals surface area contributed by atoms with Gasteiger partial charge in [0.1, 0.15) is 11.8 Å². The topological polar surface area (TPSA) is 182 Å². The summed E-state index contributed by atoms with van der Waals surface area (Å²) in [5.41, 5.74) is 10.4. The fourth-order valence-electron chi connectivity index (χ4n) is 2.36.